The molecule has 0 fully saturated rings. The van der Waals surface area contributed by atoms with Gasteiger partial charge in [-0.05, 0) is 48.5 Å². The number of hydrogen-bond donors (Lipinski definition) is 2. The van der Waals surface area contributed by atoms with Crippen molar-refractivity contribution in [1.29, 1.82) is 0 Å². The highest BCUT2D eigenvalue weighted by molar-refractivity contribution is 7.92. The van der Waals surface area contributed by atoms with Gasteiger partial charge in [-0.15, -0.1) is 0 Å². The van der Waals surface area contributed by atoms with Crippen LogP contribution >= 0.6 is 11.6 Å². The van der Waals surface area contributed by atoms with E-state index in [2.05, 4.69) is 30.3 Å². The molecular formula is C18H17ClF2N6O4S. The van der Waals surface area contributed by atoms with Crippen LogP contribution in [0.1, 0.15) is 22.8 Å². The second-order valence-corrected chi connectivity index (χ2v) is 8.43. The smallest absolute Gasteiger partial charge is 0.387 e. The average molecular weight is 487 g/mol. The summed E-state index contributed by atoms with van der Waals surface area (Å²) in [6, 6.07) is 7.91. The third kappa shape index (κ3) is 5.11. The highest BCUT2D eigenvalue weighted by Gasteiger charge is 2.25. The van der Waals surface area contributed by atoms with Crippen molar-refractivity contribution in [1.82, 2.24) is 20.2 Å². The molecule has 0 radical (unpaired) electrons. The third-order valence-electron chi connectivity index (χ3n) is 4.19. The number of ether oxygens (including phenoxy) is 1. The number of amides is 1. The van der Waals surface area contributed by atoms with Crippen LogP contribution in [0.3, 0.4) is 0 Å². The molecule has 170 valence electrons. The van der Waals surface area contributed by atoms with Crippen molar-refractivity contribution in [3.63, 3.8) is 0 Å². The van der Waals surface area contributed by atoms with Gasteiger partial charge in [0.05, 0.1) is 15.5 Å². The molecule has 0 unspecified atom stereocenters. The Bertz CT molecular complexity index is 1230. The first-order valence-corrected chi connectivity index (χ1v) is 10.9. The van der Waals surface area contributed by atoms with Gasteiger partial charge in [0.15, 0.2) is 5.75 Å². The third-order valence-corrected chi connectivity index (χ3v) is 5.95. The van der Waals surface area contributed by atoms with Gasteiger partial charge >= 0.3 is 6.61 Å². The van der Waals surface area contributed by atoms with Gasteiger partial charge in [0.2, 0.25) is 5.95 Å². The number of aromatic nitrogens is 4. The minimum absolute atomic E-state index is 0.0169. The fourth-order valence-electron chi connectivity index (χ4n) is 2.61. The number of aryl methyl sites for hydroxylation is 2. The van der Waals surface area contributed by atoms with Crippen molar-refractivity contribution in [2.45, 2.75) is 31.9 Å². The standard InChI is InChI=1S/C18H17ClF2N6O4S/c1-3-27-18(23-25-26-27)22-16(28)12-8-9-13(31-17(20)21)15(14(12)19)24-32(29,30)11-6-4-10(2)5-7-11/h4-9,17,24H,3H2,1-2H3,(H,22,23,26,28). The maximum atomic E-state index is 12.9. The van der Waals surface area contributed by atoms with Crippen LogP contribution in [-0.2, 0) is 16.6 Å². The Kier molecular flexibility index (Phi) is 6.89. The van der Waals surface area contributed by atoms with E-state index in [1.807, 2.05) is 0 Å². The first-order chi connectivity index (χ1) is 15.1. The minimum Gasteiger partial charge on any atom is -0.433 e. The molecule has 0 aliphatic carbocycles. The summed E-state index contributed by atoms with van der Waals surface area (Å²) >= 11 is 6.25. The molecule has 1 heterocycles. The fourth-order valence-corrected chi connectivity index (χ4v) is 4.04. The average Bonchev–Trinajstić information content (AvgIpc) is 3.17. The summed E-state index contributed by atoms with van der Waals surface area (Å²) in [4.78, 5) is 12.5. The molecule has 0 aliphatic rings. The number of hydrogen-bond acceptors (Lipinski definition) is 7. The molecule has 10 nitrogen and oxygen atoms in total. The monoisotopic (exact) mass is 486 g/mol. The van der Waals surface area contributed by atoms with E-state index in [0.717, 1.165) is 17.7 Å². The van der Waals surface area contributed by atoms with Gasteiger partial charge in [0.25, 0.3) is 15.9 Å². The van der Waals surface area contributed by atoms with Crippen molar-refractivity contribution in [2.75, 3.05) is 10.0 Å². The summed E-state index contributed by atoms with van der Waals surface area (Å²) in [6.45, 7) is 0.612. The molecule has 0 saturated carbocycles. The van der Waals surface area contributed by atoms with Crippen LogP contribution < -0.4 is 14.8 Å². The Labute approximate surface area is 186 Å². The van der Waals surface area contributed by atoms with Crippen molar-refractivity contribution < 1.29 is 26.7 Å². The summed E-state index contributed by atoms with van der Waals surface area (Å²) in [5.41, 5.74) is 0.0765. The van der Waals surface area contributed by atoms with Gasteiger partial charge in [0.1, 0.15) is 5.69 Å². The zero-order valence-electron chi connectivity index (χ0n) is 16.7. The van der Waals surface area contributed by atoms with Crippen molar-refractivity contribution in [3.8, 4) is 5.75 Å². The van der Waals surface area contributed by atoms with Crippen LogP contribution in [0.15, 0.2) is 41.3 Å². The number of halogens is 3. The van der Waals surface area contributed by atoms with Gasteiger partial charge in [-0.25, -0.2) is 13.1 Å². The van der Waals surface area contributed by atoms with Crippen LogP contribution in [0.25, 0.3) is 0 Å². The lowest BCUT2D eigenvalue weighted by Gasteiger charge is -2.17. The number of rotatable bonds is 8. The molecule has 0 saturated heterocycles. The Hall–Kier alpha value is -3.32. The number of carbonyl (C=O) groups excluding carboxylic acids is 1. The van der Waals surface area contributed by atoms with E-state index < -0.39 is 39.0 Å². The van der Waals surface area contributed by atoms with E-state index in [-0.39, 0.29) is 16.4 Å². The highest BCUT2D eigenvalue weighted by Crippen LogP contribution is 2.38. The lowest BCUT2D eigenvalue weighted by molar-refractivity contribution is -0.0493. The summed E-state index contributed by atoms with van der Waals surface area (Å²) in [5, 5.41) is 12.7. The van der Waals surface area contributed by atoms with Gasteiger partial charge < -0.3 is 4.74 Å². The number of carbonyl (C=O) groups is 1. The quantitative estimate of drug-likeness (QED) is 0.499. The molecule has 3 aromatic rings. The van der Waals surface area contributed by atoms with E-state index in [9.17, 15) is 22.0 Å². The molecule has 1 aromatic heterocycles. The van der Waals surface area contributed by atoms with Crippen molar-refractivity contribution in [3.05, 3.63) is 52.5 Å². The van der Waals surface area contributed by atoms with Gasteiger partial charge in [-0.2, -0.15) is 8.78 Å². The van der Waals surface area contributed by atoms with E-state index in [4.69, 9.17) is 11.6 Å². The van der Waals surface area contributed by atoms with Crippen LogP contribution in [0, 0.1) is 6.92 Å². The first kappa shape index (κ1) is 23.3. The Morgan fingerprint density at radius 2 is 1.91 bits per heavy atom. The zero-order valence-corrected chi connectivity index (χ0v) is 18.3. The number of sulfonamides is 1. The number of benzene rings is 2. The SMILES string of the molecule is CCn1nnnc1NC(=O)c1ccc(OC(F)F)c(NS(=O)(=O)c2ccc(C)cc2)c1Cl. The van der Waals surface area contributed by atoms with Crippen molar-refractivity contribution >= 4 is 39.2 Å². The Balaban J connectivity index is 2.01. The van der Waals surface area contributed by atoms with E-state index in [1.165, 1.54) is 16.8 Å². The summed E-state index contributed by atoms with van der Waals surface area (Å²) in [6.07, 6.45) is 0. The second kappa shape index (κ2) is 9.44. The normalized spacial score (nSPS) is 11.4. The minimum atomic E-state index is -4.24. The second-order valence-electron chi connectivity index (χ2n) is 6.37. The van der Waals surface area contributed by atoms with Crippen LogP contribution in [-0.4, -0.2) is 41.1 Å². The fraction of sp³-hybridized carbons (Fsp3) is 0.222. The molecular weight excluding hydrogens is 470 g/mol. The molecule has 0 spiro atoms. The molecule has 0 aliphatic heterocycles. The van der Waals surface area contributed by atoms with Crippen LogP contribution in [0.4, 0.5) is 20.4 Å². The molecule has 2 N–H and O–H groups in total. The van der Waals surface area contributed by atoms with Gasteiger partial charge in [-0.1, -0.05) is 34.4 Å². The number of nitrogens with one attached hydrogen (secondary N) is 2. The molecule has 32 heavy (non-hydrogen) atoms. The molecule has 2 aromatic carbocycles. The maximum absolute atomic E-state index is 12.9. The van der Waals surface area contributed by atoms with E-state index in [1.54, 1.807) is 26.0 Å². The van der Waals surface area contributed by atoms with Crippen molar-refractivity contribution in [2.24, 2.45) is 0 Å². The lowest BCUT2D eigenvalue weighted by atomic mass is 10.1. The summed E-state index contributed by atoms with van der Waals surface area (Å²) < 4.78 is 59.1. The molecule has 0 bridgehead atoms. The van der Waals surface area contributed by atoms with E-state index in [0.29, 0.717) is 6.54 Å². The topological polar surface area (TPSA) is 128 Å². The first-order valence-electron chi connectivity index (χ1n) is 9.06. The number of anilines is 2. The highest BCUT2D eigenvalue weighted by atomic mass is 35.5. The lowest BCUT2D eigenvalue weighted by Crippen LogP contribution is -2.19. The molecule has 0 atom stereocenters. The molecule has 3 rings (SSSR count). The summed E-state index contributed by atoms with van der Waals surface area (Å²) in [5.74, 6) is -1.34. The maximum Gasteiger partial charge on any atom is 0.387 e. The zero-order chi connectivity index (χ0) is 23.5. The Morgan fingerprint density at radius 1 is 1.22 bits per heavy atom. The predicted molar refractivity (Wildman–Crippen MR) is 112 cm³/mol. The van der Waals surface area contributed by atoms with Gasteiger partial charge in [-0.3, -0.25) is 14.8 Å². The number of tetrazole rings is 1. The predicted octanol–water partition coefficient (Wildman–Crippen LogP) is 3.31. The van der Waals surface area contributed by atoms with Gasteiger partial charge in [0, 0.05) is 6.54 Å². The summed E-state index contributed by atoms with van der Waals surface area (Å²) in [7, 11) is -4.24. The largest absolute Gasteiger partial charge is 0.433 e. The number of alkyl halides is 2. The Morgan fingerprint density at radius 3 is 2.53 bits per heavy atom. The van der Waals surface area contributed by atoms with E-state index >= 15 is 0 Å². The molecule has 14 heteroatoms. The molecule has 1 amide bonds. The number of nitrogens with zero attached hydrogens (tertiary/aromatic N) is 4. The van der Waals surface area contributed by atoms with Crippen LogP contribution in [0.5, 0.6) is 5.75 Å². The van der Waals surface area contributed by atoms with Crippen LogP contribution in [0.2, 0.25) is 5.02 Å².